The fourth-order valence-electron chi connectivity index (χ4n) is 3.39. The lowest BCUT2D eigenvalue weighted by atomic mass is 10.1. The normalized spacial score (nSPS) is 11.6. The molecule has 0 atom stereocenters. The molecule has 1 aromatic heterocycles. The SMILES string of the molecule is CCCCCCCCc1ncc(-c2ccc(OCCCC[Si](C)(C)C)cc2)cn1. The number of hydrogen-bond acceptors (Lipinski definition) is 3. The van der Waals surface area contributed by atoms with Gasteiger partial charge in [-0.15, -0.1) is 0 Å². The molecule has 2 aromatic rings. The van der Waals surface area contributed by atoms with Gasteiger partial charge in [0.05, 0.1) is 6.61 Å². The van der Waals surface area contributed by atoms with Crippen LogP contribution in [0.4, 0.5) is 0 Å². The summed E-state index contributed by atoms with van der Waals surface area (Å²) in [5, 5.41) is 0. The summed E-state index contributed by atoms with van der Waals surface area (Å²) in [5.41, 5.74) is 2.21. The van der Waals surface area contributed by atoms with Gasteiger partial charge in [-0.25, -0.2) is 9.97 Å². The van der Waals surface area contributed by atoms with Crippen molar-refractivity contribution in [2.24, 2.45) is 0 Å². The Labute approximate surface area is 179 Å². The van der Waals surface area contributed by atoms with Gasteiger partial charge in [-0.2, -0.15) is 0 Å². The Kier molecular flexibility index (Phi) is 10.4. The van der Waals surface area contributed by atoms with E-state index in [0.29, 0.717) is 0 Å². The Morgan fingerprint density at radius 2 is 1.41 bits per heavy atom. The van der Waals surface area contributed by atoms with Gasteiger partial charge >= 0.3 is 0 Å². The summed E-state index contributed by atoms with van der Waals surface area (Å²) in [4.78, 5) is 9.12. The van der Waals surface area contributed by atoms with Crippen LogP contribution in [0.3, 0.4) is 0 Å². The maximum atomic E-state index is 5.89. The molecule has 0 fully saturated rings. The van der Waals surface area contributed by atoms with Crippen LogP contribution in [0.15, 0.2) is 36.7 Å². The van der Waals surface area contributed by atoms with Crippen molar-refractivity contribution in [3.63, 3.8) is 0 Å². The van der Waals surface area contributed by atoms with Gasteiger partial charge in [-0.3, -0.25) is 0 Å². The molecule has 0 saturated carbocycles. The standard InChI is InChI=1S/C25H40N2OSi/c1-5-6-7-8-9-10-13-25-26-20-23(21-27-25)22-14-16-24(17-15-22)28-18-11-12-19-29(2,3)4/h14-17,20-21H,5-13,18-19H2,1-4H3. The van der Waals surface area contributed by atoms with E-state index in [1.807, 2.05) is 12.4 Å². The third-order valence-corrected chi connectivity index (χ3v) is 7.09. The van der Waals surface area contributed by atoms with Gasteiger partial charge in [0.2, 0.25) is 0 Å². The van der Waals surface area contributed by atoms with E-state index in [1.54, 1.807) is 0 Å². The molecule has 0 aliphatic carbocycles. The van der Waals surface area contributed by atoms with Crippen molar-refractivity contribution in [2.45, 2.75) is 90.4 Å². The molecule has 3 nitrogen and oxygen atoms in total. The Bertz CT molecular complexity index is 677. The van der Waals surface area contributed by atoms with Crippen LogP contribution in [0.5, 0.6) is 5.75 Å². The Hall–Kier alpha value is -1.68. The maximum absolute atomic E-state index is 5.89. The summed E-state index contributed by atoms with van der Waals surface area (Å²) < 4.78 is 5.89. The van der Waals surface area contributed by atoms with E-state index in [4.69, 9.17) is 4.74 Å². The van der Waals surface area contributed by atoms with Crippen molar-refractivity contribution in [1.29, 1.82) is 0 Å². The van der Waals surface area contributed by atoms with E-state index >= 15 is 0 Å². The molecule has 0 aliphatic heterocycles. The van der Waals surface area contributed by atoms with E-state index in [2.05, 4.69) is 60.8 Å². The third kappa shape index (κ3) is 10.1. The fraction of sp³-hybridized carbons (Fsp3) is 0.600. The summed E-state index contributed by atoms with van der Waals surface area (Å²) in [6.07, 6.45) is 15.1. The minimum Gasteiger partial charge on any atom is -0.494 e. The minimum atomic E-state index is -0.918. The highest BCUT2D eigenvalue weighted by atomic mass is 28.3. The van der Waals surface area contributed by atoms with Crippen molar-refractivity contribution in [2.75, 3.05) is 6.61 Å². The first-order chi connectivity index (χ1) is 14.0. The van der Waals surface area contributed by atoms with Crippen LogP contribution in [0.2, 0.25) is 25.7 Å². The Morgan fingerprint density at radius 3 is 2.07 bits per heavy atom. The van der Waals surface area contributed by atoms with Crippen LogP contribution < -0.4 is 4.74 Å². The zero-order chi connectivity index (χ0) is 21.0. The monoisotopic (exact) mass is 412 g/mol. The highest BCUT2D eigenvalue weighted by Crippen LogP contribution is 2.22. The average molecular weight is 413 g/mol. The molecule has 0 spiro atoms. The molecule has 0 amide bonds. The first-order valence-electron chi connectivity index (χ1n) is 11.5. The molecular weight excluding hydrogens is 372 g/mol. The van der Waals surface area contributed by atoms with Crippen LogP contribution in [-0.4, -0.2) is 24.6 Å². The number of benzene rings is 1. The van der Waals surface area contributed by atoms with Gasteiger partial charge < -0.3 is 4.74 Å². The van der Waals surface area contributed by atoms with Crippen LogP contribution in [0.1, 0.15) is 64.1 Å². The summed E-state index contributed by atoms with van der Waals surface area (Å²) in [6.45, 7) is 10.3. The Morgan fingerprint density at radius 1 is 0.759 bits per heavy atom. The maximum Gasteiger partial charge on any atom is 0.128 e. The highest BCUT2D eigenvalue weighted by molar-refractivity contribution is 6.76. The van der Waals surface area contributed by atoms with Crippen molar-refractivity contribution in [3.05, 3.63) is 42.5 Å². The van der Waals surface area contributed by atoms with Crippen molar-refractivity contribution in [3.8, 4) is 16.9 Å². The number of hydrogen-bond donors (Lipinski definition) is 0. The van der Waals surface area contributed by atoms with Crippen molar-refractivity contribution in [1.82, 2.24) is 9.97 Å². The van der Waals surface area contributed by atoms with Gasteiger partial charge in [-0.1, -0.05) is 83.3 Å². The lowest BCUT2D eigenvalue weighted by Crippen LogP contribution is -2.18. The topological polar surface area (TPSA) is 35.0 Å². The average Bonchev–Trinajstić information content (AvgIpc) is 2.70. The molecule has 0 unspecified atom stereocenters. The zero-order valence-corrected chi connectivity index (χ0v) is 20.0. The van der Waals surface area contributed by atoms with Crippen molar-refractivity contribution < 1.29 is 4.74 Å². The van der Waals surface area contributed by atoms with Crippen LogP contribution in [0, 0.1) is 0 Å². The minimum absolute atomic E-state index is 0.806. The molecule has 0 aliphatic rings. The summed E-state index contributed by atoms with van der Waals surface area (Å²) in [6, 6.07) is 9.69. The predicted molar refractivity (Wildman–Crippen MR) is 127 cm³/mol. The number of ether oxygens (including phenoxy) is 1. The van der Waals surface area contributed by atoms with Gasteiger partial charge in [0.25, 0.3) is 0 Å². The number of unbranched alkanes of at least 4 members (excludes halogenated alkanes) is 6. The second-order valence-electron chi connectivity index (χ2n) is 9.30. The van der Waals surface area contributed by atoms with Gasteiger partial charge in [0.1, 0.15) is 11.6 Å². The second-order valence-corrected chi connectivity index (χ2v) is 14.9. The summed E-state index contributed by atoms with van der Waals surface area (Å²) >= 11 is 0. The van der Waals surface area contributed by atoms with E-state index in [0.717, 1.165) is 42.1 Å². The lowest BCUT2D eigenvalue weighted by molar-refractivity contribution is 0.309. The van der Waals surface area contributed by atoms with E-state index in [1.165, 1.54) is 51.0 Å². The van der Waals surface area contributed by atoms with Gasteiger partial charge in [0, 0.05) is 32.5 Å². The van der Waals surface area contributed by atoms with E-state index in [9.17, 15) is 0 Å². The highest BCUT2D eigenvalue weighted by Gasteiger charge is 2.11. The molecule has 4 heteroatoms. The first kappa shape index (κ1) is 23.6. The summed E-state index contributed by atoms with van der Waals surface area (Å²) in [7, 11) is -0.918. The Balaban J connectivity index is 1.72. The van der Waals surface area contributed by atoms with Gasteiger partial charge in [-0.05, 0) is 30.5 Å². The molecule has 2 rings (SSSR count). The number of aromatic nitrogens is 2. The number of rotatable bonds is 14. The third-order valence-electron chi connectivity index (χ3n) is 5.24. The molecule has 1 heterocycles. The first-order valence-corrected chi connectivity index (χ1v) is 15.2. The smallest absolute Gasteiger partial charge is 0.128 e. The number of aryl methyl sites for hydroxylation is 1. The molecule has 160 valence electrons. The molecule has 0 radical (unpaired) electrons. The quantitative estimate of drug-likeness (QED) is 0.237. The van der Waals surface area contributed by atoms with Crippen LogP contribution in [-0.2, 0) is 6.42 Å². The van der Waals surface area contributed by atoms with Crippen LogP contribution >= 0.6 is 0 Å². The van der Waals surface area contributed by atoms with Crippen molar-refractivity contribution >= 4 is 8.07 Å². The number of nitrogens with zero attached hydrogens (tertiary/aromatic N) is 2. The molecule has 0 N–H and O–H groups in total. The molecule has 1 aromatic carbocycles. The van der Waals surface area contributed by atoms with E-state index in [-0.39, 0.29) is 0 Å². The van der Waals surface area contributed by atoms with Crippen LogP contribution in [0.25, 0.3) is 11.1 Å². The molecule has 0 saturated heterocycles. The molecule has 29 heavy (non-hydrogen) atoms. The zero-order valence-electron chi connectivity index (χ0n) is 19.0. The van der Waals surface area contributed by atoms with Gasteiger partial charge in [0.15, 0.2) is 0 Å². The largest absolute Gasteiger partial charge is 0.494 e. The lowest BCUT2D eigenvalue weighted by Gasteiger charge is -2.15. The predicted octanol–water partition coefficient (Wildman–Crippen LogP) is 7.54. The molecular formula is C25H40N2OSi. The molecule has 0 bridgehead atoms. The second kappa shape index (κ2) is 12.8. The summed E-state index contributed by atoms with van der Waals surface area (Å²) in [5.74, 6) is 1.91. The van der Waals surface area contributed by atoms with E-state index < -0.39 is 8.07 Å². The fourth-order valence-corrected chi connectivity index (χ4v) is 4.70.